The van der Waals surface area contributed by atoms with Gasteiger partial charge in [-0.25, -0.2) is 8.42 Å². The number of piperidine rings is 1. The number of ether oxygens (including phenoxy) is 2. The van der Waals surface area contributed by atoms with E-state index >= 15 is 0 Å². The minimum absolute atomic E-state index is 0.171. The first-order chi connectivity index (χ1) is 15.3. The molecule has 0 saturated carbocycles. The Morgan fingerprint density at radius 3 is 2.59 bits per heavy atom. The van der Waals surface area contributed by atoms with Gasteiger partial charge in [-0.1, -0.05) is 11.2 Å². The Kier molecular flexibility index (Phi) is 6.21. The highest BCUT2D eigenvalue weighted by atomic mass is 32.2. The normalized spacial score (nSPS) is 17.3. The summed E-state index contributed by atoms with van der Waals surface area (Å²) in [5.74, 6) is 1.88. The summed E-state index contributed by atoms with van der Waals surface area (Å²) < 4.78 is 44.2. The van der Waals surface area contributed by atoms with Crippen molar-refractivity contribution in [1.29, 1.82) is 0 Å². The molecule has 4 rings (SSSR count). The van der Waals surface area contributed by atoms with E-state index in [1.165, 1.54) is 4.31 Å². The summed E-state index contributed by atoms with van der Waals surface area (Å²) in [6, 6.07) is 10.6. The van der Waals surface area contributed by atoms with Crippen LogP contribution < -0.4 is 9.47 Å². The molecule has 1 saturated heterocycles. The lowest BCUT2D eigenvalue weighted by Crippen LogP contribution is -2.39. The molecule has 170 valence electrons. The topological polar surface area (TPSA) is 94.8 Å². The van der Waals surface area contributed by atoms with Gasteiger partial charge in [0.1, 0.15) is 11.5 Å². The van der Waals surface area contributed by atoms with Gasteiger partial charge in [0.15, 0.2) is 0 Å². The Morgan fingerprint density at radius 1 is 1.06 bits per heavy atom. The molecular weight excluding hydrogens is 430 g/mol. The fraction of sp³-hybridized carbons (Fsp3) is 0.391. The van der Waals surface area contributed by atoms with Crippen molar-refractivity contribution in [1.82, 2.24) is 14.4 Å². The zero-order valence-electron chi connectivity index (χ0n) is 18.7. The first-order valence-corrected chi connectivity index (χ1v) is 11.9. The van der Waals surface area contributed by atoms with Gasteiger partial charge in [-0.15, -0.1) is 0 Å². The number of sulfonamides is 1. The van der Waals surface area contributed by atoms with Crippen molar-refractivity contribution in [3.63, 3.8) is 0 Å². The van der Waals surface area contributed by atoms with E-state index in [0.29, 0.717) is 46.8 Å². The van der Waals surface area contributed by atoms with Gasteiger partial charge >= 0.3 is 0 Å². The molecule has 1 unspecified atom stereocenters. The molecule has 0 radical (unpaired) electrons. The van der Waals surface area contributed by atoms with E-state index < -0.39 is 10.0 Å². The zero-order chi connectivity index (χ0) is 22.9. The average molecular weight is 458 g/mol. The van der Waals surface area contributed by atoms with Crippen LogP contribution in [0.15, 0.2) is 45.8 Å². The van der Waals surface area contributed by atoms with Crippen LogP contribution in [0.25, 0.3) is 11.4 Å². The second-order valence-electron chi connectivity index (χ2n) is 7.97. The third kappa shape index (κ3) is 4.22. The lowest BCUT2D eigenvalue weighted by Gasteiger charge is -2.30. The maximum absolute atomic E-state index is 13.2. The number of nitrogens with zero attached hydrogens (tertiary/aromatic N) is 3. The fourth-order valence-corrected chi connectivity index (χ4v) is 5.49. The van der Waals surface area contributed by atoms with Gasteiger partial charge in [-0.05, 0) is 62.1 Å². The van der Waals surface area contributed by atoms with Crippen LogP contribution in [0.4, 0.5) is 0 Å². The van der Waals surface area contributed by atoms with Gasteiger partial charge in [-0.3, -0.25) is 0 Å². The second kappa shape index (κ2) is 8.91. The predicted molar refractivity (Wildman–Crippen MR) is 119 cm³/mol. The van der Waals surface area contributed by atoms with Crippen molar-refractivity contribution >= 4 is 10.0 Å². The molecule has 2 heterocycles. The molecule has 32 heavy (non-hydrogen) atoms. The van der Waals surface area contributed by atoms with Gasteiger partial charge < -0.3 is 14.0 Å². The van der Waals surface area contributed by atoms with E-state index in [-0.39, 0.29) is 5.92 Å². The summed E-state index contributed by atoms with van der Waals surface area (Å²) in [6.45, 7) is 4.66. The molecule has 1 aliphatic rings. The smallest absolute Gasteiger partial charge is 0.243 e. The molecule has 2 aromatic carbocycles. The van der Waals surface area contributed by atoms with Crippen LogP contribution in [-0.2, 0) is 10.0 Å². The monoisotopic (exact) mass is 457 g/mol. The summed E-state index contributed by atoms with van der Waals surface area (Å²) in [5, 5.41) is 4.12. The maximum Gasteiger partial charge on any atom is 0.243 e. The van der Waals surface area contributed by atoms with Crippen molar-refractivity contribution in [3.05, 3.63) is 53.4 Å². The van der Waals surface area contributed by atoms with E-state index in [1.807, 2.05) is 26.0 Å². The molecule has 1 atom stereocenters. The van der Waals surface area contributed by atoms with Crippen LogP contribution in [-0.4, -0.2) is 50.2 Å². The maximum atomic E-state index is 13.2. The zero-order valence-corrected chi connectivity index (χ0v) is 19.5. The largest absolute Gasteiger partial charge is 0.497 e. The second-order valence-corrected chi connectivity index (χ2v) is 9.91. The molecule has 0 N–H and O–H groups in total. The summed E-state index contributed by atoms with van der Waals surface area (Å²) in [4.78, 5) is 4.88. The molecule has 1 aromatic heterocycles. The lowest BCUT2D eigenvalue weighted by molar-refractivity contribution is 0.265. The Labute approximate surface area is 188 Å². The van der Waals surface area contributed by atoms with Crippen LogP contribution >= 0.6 is 0 Å². The van der Waals surface area contributed by atoms with Gasteiger partial charge in [0, 0.05) is 19.2 Å². The minimum Gasteiger partial charge on any atom is -0.497 e. The molecule has 9 heteroatoms. The summed E-state index contributed by atoms with van der Waals surface area (Å²) in [5.41, 5.74) is 2.70. The van der Waals surface area contributed by atoms with Crippen molar-refractivity contribution in [2.75, 3.05) is 27.3 Å². The number of hydrogen-bond acceptors (Lipinski definition) is 7. The molecule has 0 amide bonds. The van der Waals surface area contributed by atoms with Crippen molar-refractivity contribution in [2.24, 2.45) is 0 Å². The Hall–Kier alpha value is -2.91. The first kappa shape index (κ1) is 22.3. The van der Waals surface area contributed by atoms with Crippen LogP contribution in [0.5, 0.6) is 11.5 Å². The molecule has 1 aliphatic heterocycles. The number of hydrogen-bond donors (Lipinski definition) is 0. The molecule has 1 fully saturated rings. The molecule has 3 aromatic rings. The molecule has 0 aliphatic carbocycles. The van der Waals surface area contributed by atoms with Gasteiger partial charge in [0.05, 0.1) is 30.6 Å². The third-order valence-electron chi connectivity index (χ3n) is 5.94. The summed E-state index contributed by atoms with van der Waals surface area (Å²) in [6.07, 6.45) is 1.50. The van der Waals surface area contributed by atoms with E-state index in [4.69, 9.17) is 14.0 Å². The standard InChI is InChI=1S/C23H27N3O5S/c1-15-7-9-19(12-16(15)2)32(27,28)26-11-5-6-17(14-26)23-24-22(25-31-23)20-10-8-18(29-3)13-21(20)30-4/h7-10,12-13,17H,5-6,11,14H2,1-4H3. The third-order valence-corrected chi connectivity index (χ3v) is 7.80. The number of aromatic nitrogens is 2. The van der Waals surface area contributed by atoms with Crippen LogP contribution in [0.2, 0.25) is 0 Å². The van der Waals surface area contributed by atoms with Crippen molar-refractivity contribution in [3.8, 4) is 22.9 Å². The Morgan fingerprint density at radius 2 is 1.88 bits per heavy atom. The number of rotatable bonds is 6. The Bertz CT molecular complexity index is 1220. The summed E-state index contributed by atoms with van der Waals surface area (Å²) >= 11 is 0. The highest BCUT2D eigenvalue weighted by Crippen LogP contribution is 2.34. The van der Waals surface area contributed by atoms with E-state index in [2.05, 4.69) is 10.1 Å². The van der Waals surface area contributed by atoms with Crippen molar-refractivity contribution in [2.45, 2.75) is 37.5 Å². The number of methoxy groups -OCH3 is 2. The van der Waals surface area contributed by atoms with Gasteiger partial charge in [-0.2, -0.15) is 9.29 Å². The quantitative estimate of drug-likeness (QED) is 0.553. The van der Waals surface area contributed by atoms with Crippen LogP contribution in [0.1, 0.15) is 35.8 Å². The molecule has 0 bridgehead atoms. The van der Waals surface area contributed by atoms with E-state index in [1.54, 1.807) is 38.5 Å². The van der Waals surface area contributed by atoms with Crippen LogP contribution in [0, 0.1) is 13.8 Å². The van der Waals surface area contributed by atoms with E-state index in [0.717, 1.165) is 24.0 Å². The average Bonchev–Trinajstić information content (AvgIpc) is 3.30. The first-order valence-electron chi connectivity index (χ1n) is 10.5. The number of benzene rings is 2. The van der Waals surface area contributed by atoms with E-state index in [9.17, 15) is 8.42 Å². The molecule has 8 nitrogen and oxygen atoms in total. The summed E-state index contributed by atoms with van der Waals surface area (Å²) in [7, 11) is -0.446. The van der Waals surface area contributed by atoms with Crippen molar-refractivity contribution < 1.29 is 22.4 Å². The lowest BCUT2D eigenvalue weighted by atomic mass is 10.00. The van der Waals surface area contributed by atoms with Gasteiger partial charge in [0.25, 0.3) is 0 Å². The Balaban J connectivity index is 1.57. The SMILES string of the molecule is COc1ccc(-c2noc(C3CCCN(S(=O)(=O)c4ccc(C)c(C)c4)C3)n2)c(OC)c1. The minimum atomic E-state index is -3.60. The fourth-order valence-electron chi connectivity index (χ4n) is 3.88. The molecular formula is C23H27N3O5S. The van der Waals surface area contributed by atoms with Gasteiger partial charge in [0.2, 0.25) is 21.7 Å². The van der Waals surface area contributed by atoms with Crippen LogP contribution in [0.3, 0.4) is 0 Å². The number of aryl methyl sites for hydroxylation is 2. The highest BCUT2D eigenvalue weighted by Gasteiger charge is 2.33. The molecule has 0 spiro atoms. The highest BCUT2D eigenvalue weighted by molar-refractivity contribution is 7.89. The predicted octanol–water partition coefficient (Wildman–Crippen LogP) is 3.94.